The maximum absolute atomic E-state index is 13.4. The van der Waals surface area contributed by atoms with Gasteiger partial charge in [0.2, 0.25) is 15.9 Å². The fourth-order valence-corrected chi connectivity index (χ4v) is 6.25. The summed E-state index contributed by atoms with van der Waals surface area (Å²) in [7, 11) is -3.46. The Labute approximate surface area is 195 Å². The van der Waals surface area contributed by atoms with E-state index in [4.69, 9.17) is 16.3 Å². The normalized spacial score (nSPS) is 20.0. The molecule has 2 fully saturated rings. The van der Waals surface area contributed by atoms with Crippen LogP contribution in [0.4, 0.5) is 0 Å². The van der Waals surface area contributed by atoms with Crippen molar-refractivity contribution in [1.82, 2.24) is 9.62 Å². The second-order valence-corrected chi connectivity index (χ2v) is 10.9. The van der Waals surface area contributed by atoms with E-state index in [0.29, 0.717) is 55.6 Å². The van der Waals surface area contributed by atoms with E-state index in [1.807, 2.05) is 30.3 Å². The molecule has 0 bridgehead atoms. The van der Waals surface area contributed by atoms with Gasteiger partial charge in [-0.3, -0.25) is 4.79 Å². The molecule has 2 aromatic rings. The van der Waals surface area contributed by atoms with Crippen molar-refractivity contribution < 1.29 is 17.9 Å². The zero-order valence-corrected chi connectivity index (χ0v) is 19.6. The summed E-state index contributed by atoms with van der Waals surface area (Å²) in [6.45, 7) is 2.58. The number of rotatable bonds is 6. The van der Waals surface area contributed by atoms with Crippen LogP contribution in [0.3, 0.4) is 0 Å². The number of nitrogens with one attached hydrogen (secondary N) is 1. The summed E-state index contributed by atoms with van der Waals surface area (Å²) in [5.41, 5.74) is 0.353. The fourth-order valence-electron chi connectivity index (χ4n) is 4.64. The number of amides is 1. The maximum atomic E-state index is 13.4. The predicted molar refractivity (Wildman–Crippen MR) is 124 cm³/mol. The van der Waals surface area contributed by atoms with E-state index in [9.17, 15) is 13.2 Å². The summed E-state index contributed by atoms with van der Waals surface area (Å²) in [4.78, 5) is 13.7. The Morgan fingerprint density at radius 1 is 1.03 bits per heavy atom. The standard InChI is InChI=1S/C24H29ClN2O4S/c25-21-8-6-20(7-9-21)24(12-16-31-17-13-24)23(28)26-18-19-10-14-27(15-11-19)32(29,30)22-4-2-1-3-5-22/h1-9,19H,10-18H2,(H,26,28). The molecule has 0 saturated carbocycles. The van der Waals surface area contributed by atoms with Gasteiger partial charge >= 0.3 is 0 Å². The molecule has 2 aromatic carbocycles. The molecule has 0 radical (unpaired) electrons. The number of hydrogen-bond donors (Lipinski definition) is 1. The molecule has 2 saturated heterocycles. The van der Waals surface area contributed by atoms with Gasteiger partial charge in [0.15, 0.2) is 0 Å². The van der Waals surface area contributed by atoms with Gasteiger partial charge in [-0.05, 0) is 61.4 Å². The van der Waals surface area contributed by atoms with Crippen LogP contribution >= 0.6 is 11.6 Å². The minimum absolute atomic E-state index is 0.0162. The fraction of sp³-hybridized carbons (Fsp3) is 0.458. The van der Waals surface area contributed by atoms with Crippen LogP contribution in [-0.2, 0) is 25.0 Å². The molecule has 8 heteroatoms. The lowest BCUT2D eigenvalue weighted by Crippen LogP contribution is -2.50. The number of sulfonamides is 1. The molecule has 0 aromatic heterocycles. The number of benzene rings is 2. The lowest BCUT2D eigenvalue weighted by atomic mass is 9.73. The van der Waals surface area contributed by atoms with Crippen LogP contribution in [0.15, 0.2) is 59.5 Å². The number of hydrogen-bond acceptors (Lipinski definition) is 4. The number of piperidine rings is 1. The number of nitrogens with zero attached hydrogens (tertiary/aromatic N) is 1. The van der Waals surface area contributed by atoms with Gasteiger partial charge in [0, 0.05) is 37.9 Å². The van der Waals surface area contributed by atoms with E-state index in [2.05, 4.69) is 5.32 Å². The number of halogens is 1. The van der Waals surface area contributed by atoms with Crippen molar-refractivity contribution >= 4 is 27.5 Å². The predicted octanol–water partition coefficient (Wildman–Crippen LogP) is 3.61. The lowest BCUT2D eigenvalue weighted by Gasteiger charge is -2.37. The van der Waals surface area contributed by atoms with Crippen LogP contribution in [0.25, 0.3) is 0 Å². The first-order valence-corrected chi connectivity index (χ1v) is 12.9. The molecule has 0 aliphatic carbocycles. The van der Waals surface area contributed by atoms with E-state index in [1.54, 1.807) is 28.6 Å². The molecule has 0 spiro atoms. The Morgan fingerprint density at radius 2 is 1.66 bits per heavy atom. The van der Waals surface area contributed by atoms with Crippen molar-refractivity contribution in [3.63, 3.8) is 0 Å². The van der Waals surface area contributed by atoms with Crippen molar-refractivity contribution in [2.45, 2.75) is 36.0 Å². The maximum Gasteiger partial charge on any atom is 0.243 e. The Kier molecular flexibility index (Phi) is 7.20. The van der Waals surface area contributed by atoms with Crippen molar-refractivity contribution in [2.75, 3.05) is 32.8 Å². The van der Waals surface area contributed by atoms with Crippen LogP contribution in [0.2, 0.25) is 5.02 Å². The van der Waals surface area contributed by atoms with Gasteiger partial charge in [-0.1, -0.05) is 41.9 Å². The Bertz CT molecular complexity index is 1010. The monoisotopic (exact) mass is 476 g/mol. The first-order chi connectivity index (χ1) is 15.4. The Balaban J connectivity index is 1.36. The molecule has 0 atom stereocenters. The smallest absolute Gasteiger partial charge is 0.243 e. The zero-order valence-electron chi connectivity index (χ0n) is 18.0. The molecule has 1 N–H and O–H groups in total. The van der Waals surface area contributed by atoms with Crippen molar-refractivity contribution in [3.05, 3.63) is 65.2 Å². The molecule has 4 rings (SSSR count). The molecule has 0 unspecified atom stereocenters. The van der Waals surface area contributed by atoms with Crippen LogP contribution < -0.4 is 5.32 Å². The quantitative estimate of drug-likeness (QED) is 0.691. The van der Waals surface area contributed by atoms with Gasteiger partial charge in [-0.25, -0.2) is 8.42 Å². The molecule has 172 valence electrons. The highest BCUT2D eigenvalue weighted by Gasteiger charge is 2.42. The zero-order chi connectivity index (χ0) is 22.6. The second-order valence-electron chi connectivity index (χ2n) is 8.57. The molecule has 1 amide bonds. The molecular weight excluding hydrogens is 448 g/mol. The molecule has 2 aliphatic heterocycles. The summed E-state index contributed by atoms with van der Waals surface area (Å²) >= 11 is 6.05. The molecule has 6 nitrogen and oxygen atoms in total. The van der Waals surface area contributed by atoms with Gasteiger partial charge in [0.05, 0.1) is 10.3 Å². The average Bonchev–Trinajstić information content (AvgIpc) is 2.84. The van der Waals surface area contributed by atoms with Crippen molar-refractivity contribution in [1.29, 1.82) is 0 Å². The number of ether oxygens (including phenoxy) is 1. The summed E-state index contributed by atoms with van der Waals surface area (Å²) < 4.78 is 32.7. The Hall–Kier alpha value is -1.93. The molecule has 2 heterocycles. The summed E-state index contributed by atoms with van der Waals surface area (Å²) in [5.74, 6) is 0.269. The van der Waals surface area contributed by atoms with Crippen LogP contribution in [0, 0.1) is 5.92 Å². The minimum Gasteiger partial charge on any atom is -0.381 e. The van der Waals surface area contributed by atoms with Gasteiger partial charge in [-0.15, -0.1) is 0 Å². The highest BCUT2D eigenvalue weighted by atomic mass is 35.5. The third-order valence-corrected chi connectivity index (χ3v) is 8.85. The minimum atomic E-state index is -3.46. The molecular formula is C24H29ClN2O4S. The highest BCUT2D eigenvalue weighted by molar-refractivity contribution is 7.89. The SMILES string of the molecule is O=C(NCC1CCN(S(=O)(=O)c2ccccc2)CC1)C1(c2ccc(Cl)cc2)CCOCC1. The van der Waals surface area contributed by atoms with E-state index in [1.165, 1.54) is 0 Å². The third-order valence-electron chi connectivity index (χ3n) is 6.68. The topological polar surface area (TPSA) is 75.7 Å². The average molecular weight is 477 g/mol. The van der Waals surface area contributed by atoms with Gasteiger partial charge in [-0.2, -0.15) is 4.31 Å². The van der Waals surface area contributed by atoms with Gasteiger partial charge in [0.25, 0.3) is 0 Å². The summed E-state index contributed by atoms with van der Waals surface area (Å²) in [6.07, 6.45) is 2.72. The first-order valence-electron chi connectivity index (χ1n) is 11.1. The van der Waals surface area contributed by atoms with Crippen LogP contribution in [0.5, 0.6) is 0 Å². The summed E-state index contributed by atoms with van der Waals surface area (Å²) in [6, 6.07) is 16.1. The molecule has 2 aliphatic rings. The number of carbonyl (C=O) groups excluding carboxylic acids is 1. The number of carbonyl (C=O) groups is 1. The largest absolute Gasteiger partial charge is 0.381 e. The van der Waals surface area contributed by atoms with E-state index < -0.39 is 15.4 Å². The highest BCUT2D eigenvalue weighted by Crippen LogP contribution is 2.36. The van der Waals surface area contributed by atoms with E-state index >= 15 is 0 Å². The lowest BCUT2D eigenvalue weighted by molar-refractivity contribution is -0.130. The van der Waals surface area contributed by atoms with E-state index in [-0.39, 0.29) is 11.8 Å². The Morgan fingerprint density at radius 3 is 2.28 bits per heavy atom. The van der Waals surface area contributed by atoms with Crippen LogP contribution in [-0.4, -0.2) is 51.5 Å². The van der Waals surface area contributed by atoms with Crippen LogP contribution in [0.1, 0.15) is 31.2 Å². The van der Waals surface area contributed by atoms with Crippen molar-refractivity contribution in [3.8, 4) is 0 Å². The van der Waals surface area contributed by atoms with Gasteiger partial charge in [0.1, 0.15) is 0 Å². The third kappa shape index (κ3) is 4.86. The van der Waals surface area contributed by atoms with E-state index in [0.717, 1.165) is 18.4 Å². The van der Waals surface area contributed by atoms with Gasteiger partial charge < -0.3 is 10.1 Å². The van der Waals surface area contributed by atoms with Crippen molar-refractivity contribution in [2.24, 2.45) is 5.92 Å². The molecule has 32 heavy (non-hydrogen) atoms. The first kappa shape index (κ1) is 23.2. The second kappa shape index (κ2) is 9.91. The summed E-state index contributed by atoms with van der Waals surface area (Å²) in [5, 5.41) is 3.81.